The molecule has 94 valence electrons. The summed E-state index contributed by atoms with van der Waals surface area (Å²) in [6.07, 6.45) is 2.51. The van der Waals surface area contributed by atoms with Crippen molar-refractivity contribution in [3.8, 4) is 0 Å². The summed E-state index contributed by atoms with van der Waals surface area (Å²) in [6.45, 7) is 0. The summed E-state index contributed by atoms with van der Waals surface area (Å²) in [4.78, 5) is 6.39. The molecule has 0 aliphatic heterocycles. The highest BCUT2D eigenvalue weighted by Crippen LogP contribution is 2.15. The fraction of sp³-hybridized carbons (Fsp3) is 0. The first-order valence-electron chi connectivity index (χ1n) is 4.90. The van der Waals surface area contributed by atoms with Gasteiger partial charge in [0.1, 0.15) is 4.99 Å². The zero-order valence-corrected chi connectivity index (χ0v) is 10.8. The van der Waals surface area contributed by atoms with E-state index in [-0.39, 0.29) is 10.0 Å². The molecule has 0 unspecified atom stereocenters. The Balaban J connectivity index is 2.30. The number of nitrogens with two attached hydrogens (primary N) is 1. The molecule has 0 aliphatic carbocycles. The highest BCUT2D eigenvalue weighted by Gasteiger charge is 2.15. The molecule has 0 bridgehead atoms. The Morgan fingerprint density at radius 2 is 2.22 bits per heavy atom. The van der Waals surface area contributed by atoms with Gasteiger partial charge in [-0.05, 0) is 12.1 Å². The Hall–Kier alpha value is -1.93. The third-order valence-corrected chi connectivity index (χ3v) is 3.70. The molecule has 4 N–H and O–H groups in total. The predicted molar refractivity (Wildman–Crippen MR) is 71.7 cm³/mol. The van der Waals surface area contributed by atoms with Gasteiger partial charge in [-0.25, -0.2) is 4.98 Å². The van der Waals surface area contributed by atoms with Crippen molar-refractivity contribution in [1.29, 1.82) is 0 Å². The van der Waals surface area contributed by atoms with Crippen molar-refractivity contribution in [3.63, 3.8) is 0 Å². The van der Waals surface area contributed by atoms with Crippen molar-refractivity contribution in [2.24, 2.45) is 5.73 Å². The molecule has 0 aliphatic rings. The minimum absolute atomic E-state index is 0.0109. The summed E-state index contributed by atoms with van der Waals surface area (Å²) in [6, 6.07) is 6.54. The van der Waals surface area contributed by atoms with Gasteiger partial charge in [-0.1, -0.05) is 24.4 Å². The number of sulfonamides is 1. The van der Waals surface area contributed by atoms with Gasteiger partial charge in [0.15, 0.2) is 5.03 Å². The van der Waals surface area contributed by atoms with E-state index in [1.807, 2.05) is 0 Å². The van der Waals surface area contributed by atoms with Gasteiger partial charge in [-0.2, -0.15) is 8.42 Å². The van der Waals surface area contributed by atoms with Gasteiger partial charge in [-0.3, -0.25) is 4.72 Å². The molecule has 0 spiro atoms. The number of aromatic amines is 1. The molecule has 1 heterocycles. The molecule has 2 rings (SSSR count). The van der Waals surface area contributed by atoms with Crippen molar-refractivity contribution in [1.82, 2.24) is 9.97 Å². The van der Waals surface area contributed by atoms with Crippen LogP contribution in [0.1, 0.15) is 5.56 Å². The van der Waals surface area contributed by atoms with Gasteiger partial charge in [0.25, 0.3) is 10.0 Å². The van der Waals surface area contributed by atoms with Gasteiger partial charge in [0.05, 0.1) is 12.5 Å². The van der Waals surface area contributed by atoms with Crippen molar-refractivity contribution in [2.45, 2.75) is 5.03 Å². The molecule has 2 aromatic rings. The Morgan fingerprint density at radius 1 is 1.44 bits per heavy atom. The van der Waals surface area contributed by atoms with E-state index in [1.54, 1.807) is 24.3 Å². The highest BCUT2D eigenvalue weighted by molar-refractivity contribution is 7.92. The van der Waals surface area contributed by atoms with Crippen molar-refractivity contribution >= 4 is 32.9 Å². The molecule has 0 amide bonds. The second-order valence-electron chi connectivity index (χ2n) is 3.47. The minimum Gasteiger partial charge on any atom is -0.389 e. The van der Waals surface area contributed by atoms with Crippen LogP contribution < -0.4 is 10.5 Å². The normalized spacial score (nSPS) is 11.1. The summed E-state index contributed by atoms with van der Waals surface area (Å²) in [7, 11) is -3.66. The molecule has 0 saturated heterocycles. The number of aromatic nitrogens is 2. The first-order valence-corrected chi connectivity index (χ1v) is 6.79. The number of hydrogen-bond donors (Lipinski definition) is 3. The number of anilines is 1. The van der Waals surface area contributed by atoms with Gasteiger partial charge < -0.3 is 10.7 Å². The van der Waals surface area contributed by atoms with Crippen LogP contribution in [0.4, 0.5) is 5.69 Å². The summed E-state index contributed by atoms with van der Waals surface area (Å²) >= 11 is 4.83. The van der Waals surface area contributed by atoms with Crippen molar-refractivity contribution < 1.29 is 8.42 Å². The predicted octanol–water partition coefficient (Wildman–Crippen LogP) is 0.845. The van der Waals surface area contributed by atoms with Crippen LogP contribution in [0.15, 0.2) is 41.8 Å². The van der Waals surface area contributed by atoms with Gasteiger partial charge in [0.2, 0.25) is 0 Å². The van der Waals surface area contributed by atoms with Crippen LogP contribution in [0.25, 0.3) is 0 Å². The maximum absolute atomic E-state index is 11.9. The Morgan fingerprint density at radius 3 is 2.83 bits per heavy atom. The first kappa shape index (κ1) is 12.5. The number of benzene rings is 1. The van der Waals surface area contributed by atoms with Crippen molar-refractivity contribution in [3.05, 3.63) is 42.4 Å². The fourth-order valence-corrected chi connectivity index (χ4v) is 2.42. The van der Waals surface area contributed by atoms with Crippen LogP contribution in [0.5, 0.6) is 0 Å². The monoisotopic (exact) mass is 282 g/mol. The van der Waals surface area contributed by atoms with Crippen LogP contribution >= 0.6 is 12.2 Å². The Labute approximate surface area is 109 Å². The number of nitrogens with zero attached hydrogens (tertiary/aromatic N) is 1. The quantitative estimate of drug-likeness (QED) is 0.722. The van der Waals surface area contributed by atoms with E-state index in [4.69, 9.17) is 18.0 Å². The number of imidazole rings is 1. The van der Waals surface area contributed by atoms with Crippen LogP contribution in [0, 0.1) is 0 Å². The molecule has 1 aromatic heterocycles. The topological polar surface area (TPSA) is 101 Å². The van der Waals surface area contributed by atoms with Crippen LogP contribution in [0.3, 0.4) is 0 Å². The number of H-pyrrole nitrogens is 1. The number of nitrogens with one attached hydrogen (secondary N) is 2. The maximum atomic E-state index is 11.9. The number of thiocarbonyl (C=S) groups is 1. The summed E-state index contributed by atoms with van der Waals surface area (Å²) in [5.74, 6) is 0. The standard InChI is InChI=1S/C10H10N4O2S2/c11-10(17)7-2-1-3-8(4-7)14-18(15,16)9-5-12-6-13-9/h1-6,14H,(H2,11,17)(H,12,13). The molecule has 0 atom stereocenters. The molecule has 18 heavy (non-hydrogen) atoms. The molecular formula is C10H10N4O2S2. The molecule has 1 aromatic carbocycles. The second-order valence-corrected chi connectivity index (χ2v) is 5.56. The summed E-state index contributed by atoms with van der Waals surface area (Å²) in [5, 5.41) is -0.0109. The molecule has 0 radical (unpaired) electrons. The van der Waals surface area contributed by atoms with Gasteiger partial charge >= 0.3 is 0 Å². The molecule has 0 saturated carbocycles. The van der Waals surface area contributed by atoms with E-state index in [9.17, 15) is 8.42 Å². The number of rotatable bonds is 4. The van der Waals surface area contributed by atoms with E-state index in [1.165, 1.54) is 12.5 Å². The van der Waals surface area contributed by atoms with E-state index in [2.05, 4.69) is 14.7 Å². The lowest BCUT2D eigenvalue weighted by Gasteiger charge is -2.07. The second kappa shape index (κ2) is 4.75. The molecule has 0 fully saturated rings. The Kier molecular flexibility index (Phi) is 3.30. The Bertz CT molecular complexity index is 665. The third-order valence-electron chi connectivity index (χ3n) is 2.16. The van der Waals surface area contributed by atoms with Gasteiger partial charge in [-0.15, -0.1) is 0 Å². The molecular weight excluding hydrogens is 272 g/mol. The zero-order chi connectivity index (χ0) is 13.2. The highest BCUT2D eigenvalue weighted by atomic mass is 32.2. The van der Waals surface area contributed by atoms with Crippen LogP contribution in [-0.2, 0) is 10.0 Å². The number of hydrogen-bond acceptors (Lipinski definition) is 4. The van der Waals surface area contributed by atoms with E-state index in [0.717, 1.165) is 0 Å². The largest absolute Gasteiger partial charge is 0.389 e. The van der Waals surface area contributed by atoms with E-state index >= 15 is 0 Å². The lowest BCUT2D eigenvalue weighted by Crippen LogP contribution is -2.14. The zero-order valence-electron chi connectivity index (χ0n) is 9.12. The average molecular weight is 282 g/mol. The molecule has 6 nitrogen and oxygen atoms in total. The van der Waals surface area contributed by atoms with Gasteiger partial charge in [0, 0.05) is 11.3 Å². The van der Waals surface area contributed by atoms with E-state index in [0.29, 0.717) is 11.3 Å². The first-order chi connectivity index (χ1) is 8.49. The van der Waals surface area contributed by atoms with Crippen molar-refractivity contribution in [2.75, 3.05) is 4.72 Å². The smallest absolute Gasteiger partial charge is 0.278 e. The molecule has 8 heteroatoms. The lowest BCUT2D eigenvalue weighted by atomic mass is 10.2. The maximum Gasteiger partial charge on any atom is 0.278 e. The average Bonchev–Trinajstić information content (AvgIpc) is 2.82. The summed E-state index contributed by atoms with van der Waals surface area (Å²) < 4.78 is 26.2. The minimum atomic E-state index is -3.66. The SMILES string of the molecule is NC(=S)c1cccc(NS(=O)(=O)c2cnc[nH]2)c1. The lowest BCUT2D eigenvalue weighted by molar-refractivity contribution is 0.598. The summed E-state index contributed by atoms with van der Waals surface area (Å²) in [5.41, 5.74) is 6.46. The fourth-order valence-electron chi connectivity index (χ4n) is 1.34. The van der Waals surface area contributed by atoms with E-state index < -0.39 is 10.0 Å². The van der Waals surface area contributed by atoms with Crippen LogP contribution in [-0.4, -0.2) is 23.4 Å². The third kappa shape index (κ3) is 2.66. The van der Waals surface area contributed by atoms with Crippen LogP contribution in [0.2, 0.25) is 0 Å².